The molecule has 0 aliphatic heterocycles. The van der Waals surface area contributed by atoms with Gasteiger partial charge in [-0.25, -0.2) is 0 Å². The molecule has 0 heterocycles. The molecule has 0 saturated heterocycles. The van der Waals surface area contributed by atoms with Crippen LogP contribution in [0.25, 0.3) is 0 Å². The molecule has 128 valence electrons. The second-order valence-electron chi connectivity index (χ2n) is 5.16. The molecule has 0 fully saturated rings. The fraction of sp³-hybridized carbons (Fsp3) is 0.500. The van der Waals surface area contributed by atoms with Crippen molar-refractivity contribution in [2.24, 2.45) is 0 Å². The summed E-state index contributed by atoms with van der Waals surface area (Å²) >= 11 is 5.47. The van der Waals surface area contributed by atoms with Crippen LogP contribution in [0.3, 0.4) is 0 Å². The summed E-state index contributed by atoms with van der Waals surface area (Å²) in [7, 11) is 0. The van der Waals surface area contributed by atoms with E-state index in [0.29, 0.717) is 18.0 Å². The molecular formula is C16H23ClN2O4. The van der Waals surface area contributed by atoms with Crippen LogP contribution in [0.5, 0.6) is 0 Å². The predicted octanol–water partition coefficient (Wildman–Crippen LogP) is 1.04. The van der Waals surface area contributed by atoms with Gasteiger partial charge in [0.1, 0.15) is 0 Å². The number of nitrogens with one attached hydrogen (secondary N) is 2. The Morgan fingerprint density at radius 2 is 1.74 bits per heavy atom. The Balaban J connectivity index is 2.53. The van der Waals surface area contributed by atoms with Crippen molar-refractivity contribution in [2.75, 3.05) is 17.7 Å². The largest absolute Gasteiger partial charge is 0.380 e. The highest BCUT2D eigenvalue weighted by Crippen LogP contribution is 2.12. The van der Waals surface area contributed by atoms with E-state index in [1.54, 1.807) is 12.1 Å². The highest BCUT2D eigenvalue weighted by atomic mass is 35.5. The van der Waals surface area contributed by atoms with E-state index in [9.17, 15) is 19.8 Å². The molecule has 2 atom stereocenters. The fourth-order valence-electron chi connectivity index (χ4n) is 1.93. The van der Waals surface area contributed by atoms with Crippen molar-refractivity contribution in [3.63, 3.8) is 0 Å². The van der Waals surface area contributed by atoms with Crippen LogP contribution in [0.4, 0.5) is 5.69 Å². The van der Waals surface area contributed by atoms with Gasteiger partial charge in [0.2, 0.25) is 0 Å². The standard InChI is InChI=1S/C16H23ClN2O4/c1-2-4-11-5-7-12(8-6-11)19-16(23)14(21)13(20)15(22)18-10-3-9-17/h5-8,13-14,20-21H,2-4,9-10H2,1H3,(H,18,22)(H,19,23)/t13-,14-/m1/s1. The van der Waals surface area contributed by atoms with E-state index in [-0.39, 0.29) is 6.54 Å². The van der Waals surface area contributed by atoms with E-state index in [2.05, 4.69) is 17.6 Å². The van der Waals surface area contributed by atoms with Gasteiger partial charge in [0.25, 0.3) is 11.8 Å². The van der Waals surface area contributed by atoms with Crippen molar-refractivity contribution in [2.45, 2.75) is 38.4 Å². The molecule has 0 aliphatic carbocycles. The van der Waals surface area contributed by atoms with Crippen molar-refractivity contribution in [3.05, 3.63) is 29.8 Å². The summed E-state index contributed by atoms with van der Waals surface area (Å²) in [4.78, 5) is 23.5. The van der Waals surface area contributed by atoms with Crippen molar-refractivity contribution in [1.82, 2.24) is 5.32 Å². The van der Waals surface area contributed by atoms with Gasteiger partial charge in [-0.05, 0) is 30.5 Å². The van der Waals surface area contributed by atoms with Gasteiger partial charge in [0.05, 0.1) is 0 Å². The van der Waals surface area contributed by atoms with E-state index >= 15 is 0 Å². The zero-order valence-electron chi connectivity index (χ0n) is 13.1. The normalized spacial score (nSPS) is 13.2. The molecule has 1 rings (SSSR count). The Hall–Kier alpha value is -1.63. The highest BCUT2D eigenvalue weighted by molar-refractivity contribution is 6.17. The minimum atomic E-state index is -1.85. The number of rotatable bonds is 9. The molecule has 0 radical (unpaired) electrons. The van der Waals surface area contributed by atoms with Crippen LogP contribution in [-0.4, -0.2) is 46.7 Å². The number of halogens is 1. The number of carbonyl (C=O) groups is 2. The summed E-state index contributed by atoms with van der Waals surface area (Å²) in [6.07, 6.45) is -1.18. The minimum absolute atomic E-state index is 0.270. The van der Waals surface area contributed by atoms with Crippen LogP contribution in [0, 0.1) is 0 Å². The minimum Gasteiger partial charge on any atom is -0.380 e. The molecule has 6 nitrogen and oxygen atoms in total. The molecular weight excluding hydrogens is 320 g/mol. The maximum absolute atomic E-state index is 11.9. The van der Waals surface area contributed by atoms with Crippen molar-refractivity contribution in [3.8, 4) is 0 Å². The zero-order valence-corrected chi connectivity index (χ0v) is 13.8. The number of benzene rings is 1. The number of carbonyl (C=O) groups excluding carboxylic acids is 2. The summed E-state index contributed by atoms with van der Waals surface area (Å²) in [5.74, 6) is -1.28. The molecule has 7 heteroatoms. The number of aliphatic hydroxyl groups is 2. The van der Waals surface area contributed by atoms with E-state index in [1.165, 1.54) is 0 Å². The highest BCUT2D eigenvalue weighted by Gasteiger charge is 2.30. The number of aryl methyl sites for hydroxylation is 1. The quantitative estimate of drug-likeness (QED) is 0.398. The third-order valence-electron chi connectivity index (χ3n) is 3.21. The van der Waals surface area contributed by atoms with E-state index in [4.69, 9.17) is 11.6 Å². The first-order chi connectivity index (χ1) is 11.0. The molecule has 0 aromatic heterocycles. The first-order valence-corrected chi connectivity index (χ1v) is 8.12. The lowest BCUT2D eigenvalue weighted by atomic mass is 10.1. The SMILES string of the molecule is CCCc1ccc(NC(=O)[C@H](O)[C@@H](O)C(=O)NCCCCl)cc1. The monoisotopic (exact) mass is 342 g/mol. The van der Waals surface area contributed by atoms with Gasteiger partial charge in [-0.2, -0.15) is 0 Å². The van der Waals surface area contributed by atoms with Gasteiger partial charge in [-0.15, -0.1) is 11.6 Å². The Kier molecular flexibility index (Phi) is 8.61. The lowest BCUT2D eigenvalue weighted by Gasteiger charge is -2.17. The zero-order chi connectivity index (χ0) is 17.2. The first kappa shape index (κ1) is 19.4. The van der Waals surface area contributed by atoms with Crippen LogP contribution in [0.2, 0.25) is 0 Å². The number of hydrogen-bond donors (Lipinski definition) is 4. The molecule has 0 saturated carbocycles. The lowest BCUT2D eigenvalue weighted by Crippen LogP contribution is -2.47. The van der Waals surface area contributed by atoms with Crippen molar-refractivity contribution in [1.29, 1.82) is 0 Å². The number of amides is 2. The van der Waals surface area contributed by atoms with Crippen LogP contribution in [0.1, 0.15) is 25.3 Å². The second-order valence-corrected chi connectivity index (χ2v) is 5.54. The topological polar surface area (TPSA) is 98.7 Å². The molecule has 0 aliphatic rings. The van der Waals surface area contributed by atoms with E-state index < -0.39 is 24.0 Å². The lowest BCUT2D eigenvalue weighted by molar-refractivity contribution is -0.143. The summed E-state index contributed by atoms with van der Waals surface area (Å²) in [5.41, 5.74) is 1.63. The van der Waals surface area contributed by atoms with Gasteiger partial charge in [-0.3, -0.25) is 9.59 Å². The maximum Gasteiger partial charge on any atom is 0.256 e. The van der Waals surface area contributed by atoms with Gasteiger partial charge >= 0.3 is 0 Å². The van der Waals surface area contributed by atoms with Crippen LogP contribution >= 0.6 is 11.6 Å². The summed E-state index contributed by atoms with van der Waals surface area (Å²) in [5, 5.41) is 24.3. The van der Waals surface area contributed by atoms with Gasteiger partial charge < -0.3 is 20.8 Å². The van der Waals surface area contributed by atoms with Crippen LogP contribution in [-0.2, 0) is 16.0 Å². The number of anilines is 1. The van der Waals surface area contributed by atoms with Crippen molar-refractivity contribution >= 4 is 29.1 Å². The Bertz CT molecular complexity index is 507. The summed E-state index contributed by atoms with van der Waals surface area (Å²) in [6.45, 7) is 2.35. The number of aliphatic hydroxyl groups excluding tert-OH is 2. The summed E-state index contributed by atoms with van der Waals surface area (Å²) in [6, 6.07) is 7.17. The van der Waals surface area contributed by atoms with Gasteiger partial charge in [0.15, 0.2) is 12.2 Å². The van der Waals surface area contributed by atoms with Crippen LogP contribution in [0.15, 0.2) is 24.3 Å². The molecule has 0 unspecified atom stereocenters. The smallest absolute Gasteiger partial charge is 0.256 e. The molecule has 0 bridgehead atoms. The van der Waals surface area contributed by atoms with Gasteiger partial charge in [-0.1, -0.05) is 25.5 Å². The predicted molar refractivity (Wildman–Crippen MR) is 89.4 cm³/mol. The van der Waals surface area contributed by atoms with Crippen LogP contribution < -0.4 is 10.6 Å². The molecule has 1 aromatic rings. The number of hydrogen-bond acceptors (Lipinski definition) is 4. The Morgan fingerprint density at radius 3 is 2.30 bits per heavy atom. The molecule has 0 spiro atoms. The first-order valence-electron chi connectivity index (χ1n) is 7.59. The average molecular weight is 343 g/mol. The maximum atomic E-state index is 11.9. The van der Waals surface area contributed by atoms with E-state index in [0.717, 1.165) is 18.4 Å². The van der Waals surface area contributed by atoms with E-state index in [1.807, 2.05) is 12.1 Å². The number of alkyl halides is 1. The van der Waals surface area contributed by atoms with Gasteiger partial charge in [0, 0.05) is 18.1 Å². The molecule has 2 amide bonds. The molecule has 23 heavy (non-hydrogen) atoms. The van der Waals surface area contributed by atoms with Crippen molar-refractivity contribution < 1.29 is 19.8 Å². The second kappa shape index (κ2) is 10.2. The molecule has 4 N–H and O–H groups in total. The fourth-order valence-corrected chi connectivity index (χ4v) is 2.06. The average Bonchev–Trinajstić information content (AvgIpc) is 2.55. The summed E-state index contributed by atoms with van der Waals surface area (Å²) < 4.78 is 0. The third-order valence-corrected chi connectivity index (χ3v) is 3.47. The Labute approximate surface area is 140 Å². The molecule has 1 aromatic carbocycles. The Morgan fingerprint density at radius 1 is 1.13 bits per heavy atom. The third kappa shape index (κ3) is 6.56.